The number of carbonyl (C=O) groups excluding carboxylic acids is 1. The van der Waals surface area contributed by atoms with Gasteiger partial charge in [0, 0.05) is 24.6 Å². The van der Waals surface area contributed by atoms with E-state index in [-0.39, 0.29) is 29.6 Å². The Morgan fingerprint density at radius 3 is 2.44 bits per heavy atom. The Hall–Kier alpha value is -2.35. The molecule has 5 heterocycles. The third kappa shape index (κ3) is 2.57. The van der Waals surface area contributed by atoms with E-state index in [4.69, 9.17) is 4.63 Å². The molecule has 2 aromatic rings. The molecule has 4 saturated heterocycles. The number of hydrogen-bond donors (Lipinski definition) is 0. The summed E-state index contributed by atoms with van der Waals surface area (Å²) in [5.41, 5.74) is 1.29. The van der Waals surface area contributed by atoms with Crippen molar-refractivity contribution in [2.24, 2.45) is 5.92 Å². The van der Waals surface area contributed by atoms with Gasteiger partial charge in [0.2, 0.25) is 0 Å². The predicted molar refractivity (Wildman–Crippen MR) is 91.0 cm³/mol. The van der Waals surface area contributed by atoms with Crippen LogP contribution in [0.5, 0.6) is 0 Å². The lowest BCUT2D eigenvalue weighted by atomic mass is 9.75. The van der Waals surface area contributed by atoms with E-state index < -0.39 is 11.6 Å². The molecule has 27 heavy (non-hydrogen) atoms. The van der Waals surface area contributed by atoms with Crippen LogP contribution in [0, 0.1) is 24.5 Å². The van der Waals surface area contributed by atoms with Crippen LogP contribution in [-0.2, 0) is 0 Å². The second-order valence-electron chi connectivity index (χ2n) is 7.82. The van der Waals surface area contributed by atoms with Crippen molar-refractivity contribution in [3.63, 3.8) is 0 Å². The number of aromatic nitrogens is 2. The van der Waals surface area contributed by atoms with Crippen LogP contribution >= 0.6 is 0 Å². The Labute approximate surface area is 155 Å². The Morgan fingerprint density at radius 2 is 1.81 bits per heavy atom. The van der Waals surface area contributed by atoms with Crippen LogP contribution in [0.2, 0.25) is 0 Å². The third-order valence-corrected chi connectivity index (χ3v) is 6.42. The van der Waals surface area contributed by atoms with Crippen molar-refractivity contribution in [1.82, 2.24) is 20.1 Å². The molecule has 1 aromatic carbocycles. The predicted octanol–water partition coefficient (Wildman–Crippen LogP) is 2.36. The molecule has 0 saturated carbocycles. The zero-order chi connectivity index (χ0) is 18.7. The van der Waals surface area contributed by atoms with Crippen LogP contribution in [0.25, 0.3) is 0 Å². The van der Waals surface area contributed by atoms with Crippen molar-refractivity contribution in [2.75, 3.05) is 19.6 Å². The first-order chi connectivity index (χ1) is 13.0. The van der Waals surface area contributed by atoms with E-state index in [1.54, 1.807) is 6.92 Å². The molecule has 0 spiro atoms. The van der Waals surface area contributed by atoms with E-state index in [1.165, 1.54) is 12.1 Å². The lowest BCUT2D eigenvalue weighted by Gasteiger charge is -2.51. The van der Waals surface area contributed by atoms with E-state index in [1.807, 2.05) is 4.90 Å². The zero-order valence-electron chi connectivity index (χ0n) is 14.9. The topological polar surface area (TPSA) is 62.5 Å². The number of hydrogen-bond acceptors (Lipinski definition) is 5. The monoisotopic (exact) mass is 374 g/mol. The SMILES string of the molecule is Cc1nonc1C(=O)N1C[C@@H](c2cc(F)cc(F)c2)[C@@H]2[C@H]1C1CCN2CC1. The number of fused-ring (bicyclic) bond motifs is 2. The van der Waals surface area contributed by atoms with Gasteiger partial charge in [0.25, 0.3) is 5.91 Å². The Balaban J connectivity index is 1.56. The van der Waals surface area contributed by atoms with Crippen LogP contribution in [0.3, 0.4) is 0 Å². The maximum atomic E-state index is 13.9. The highest BCUT2D eigenvalue weighted by Gasteiger charge is 2.55. The lowest BCUT2D eigenvalue weighted by molar-refractivity contribution is -0.00374. The van der Waals surface area contributed by atoms with Gasteiger partial charge in [-0.2, -0.15) is 0 Å². The fourth-order valence-corrected chi connectivity index (χ4v) is 5.30. The van der Waals surface area contributed by atoms with E-state index in [0.29, 0.717) is 23.7 Å². The van der Waals surface area contributed by atoms with Crippen LogP contribution in [-0.4, -0.2) is 57.7 Å². The summed E-state index contributed by atoms with van der Waals surface area (Å²) in [7, 11) is 0. The maximum Gasteiger partial charge on any atom is 0.278 e. The van der Waals surface area contributed by atoms with Crippen molar-refractivity contribution >= 4 is 5.91 Å². The second-order valence-corrected chi connectivity index (χ2v) is 7.82. The molecule has 0 unspecified atom stereocenters. The summed E-state index contributed by atoms with van der Waals surface area (Å²) < 4.78 is 32.4. The van der Waals surface area contributed by atoms with Gasteiger partial charge in [-0.1, -0.05) is 5.16 Å². The highest BCUT2D eigenvalue weighted by Crippen LogP contribution is 2.47. The average Bonchev–Trinajstić information content (AvgIpc) is 3.26. The molecule has 0 aliphatic carbocycles. The molecule has 3 atom stereocenters. The fraction of sp³-hybridized carbons (Fsp3) is 0.526. The minimum absolute atomic E-state index is 0.0208. The normalized spacial score (nSPS) is 32.0. The molecule has 4 aliphatic heterocycles. The number of rotatable bonds is 2. The number of nitrogens with zero attached hydrogens (tertiary/aromatic N) is 4. The standard InChI is InChI=1S/C19H20F2N4O2/c1-10-16(23-27-22-10)19(26)25-9-15(12-6-13(20)8-14(21)7-12)18-17(25)11-2-4-24(18)5-3-11/h6-8,11,15,17-18H,2-5,9H2,1H3/t15-,17+,18+/m0/s1. The summed E-state index contributed by atoms with van der Waals surface area (Å²) in [6.45, 7) is 4.03. The molecular weight excluding hydrogens is 354 g/mol. The average molecular weight is 374 g/mol. The number of halogens is 2. The molecule has 6 rings (SSSR count). The number of likely N-dealkylation sites (tertiary alicyclic amines) is 1. The fourth-order valence-electron chi connectivity index (χ4n) is 5.30. The van der Waals surface area contributed by atoms with Crippen LogP contribution in [0.15, 0.2) is 22.8 Å². The second kappa shape index (κ2) is 6.09. The molecule has 8 heteroatoms. The Kier molecular flexibility index (Phi) is 3.79. The van der Waals surface area contributed by atoms with E-state index >= 15 is 0 Å². The van der Waals surface area contributed by atoms with Gasteiger partial charge >= 0.3 is 0 Å². The van der Waals surface area contributed by atoms with E-state index in [9.17, 15) is 13.6 Å². The lowest BCUT2D eigenvalue weighted by Crippen LogP contribution is -2.60. The summed E-state index contributed by atoms with van der Waals surface area (Å²) in [5.74, 6) is -1.12. The van der Waals surface area contributed by atoms with Gasteiger partial charge in [0.1, 0.15) is 17.3 Å². The smallest absolute Gasteiger partial charge is 0.278 e. The summed E-state index contributed by atoms with van der Waals surface area (Å²) in [6.07, 6.45) is 2.07. The highest BCUT2D eigenvalue weighted by molar-refractivity contribution is 5.93. The molecule has 4 aliphatic rings. The number of amides is 1. The van der Waals surface area contributed by atoms with Crippen LogP contribution in [0.4, 0.5) is 8.78 Å². The summed E-state index contributed by atoms with van der Waals surface area (Å²) in [6, 6.07) is 3.77. The molecule has 1 aromatic heterocycles. The molecule has 0 N–H and O–H groups in total. The van der Waals surface area contributed by atoms with Crippen molar-refractivity contribution in [1.29, 1.82) is 0 Å². The van der Waals surface area contributed by atoms with E-state index in [0.717, 1.165) is 32.0 Å². The van der Waals surface area contributed by atoms with Gasteiger partial charge in [0.05, 0.1) is 6.04 Å². The first-order valence-corrected chi connectivity index (χ1v) is 9.33. The van der Waals surface area contributed by atoms with Gasteiger partial charge < -0.3 is 4.90 Å². The Morgan fingerprint density at radius 1 is 1.11 bits per heavy atom. The molecule has 4 fully saturated rings. The molecule has 6 nitrogen and oxygen atoms in total. The van der Waals surface area contributed by atoms with Crippen molar-refractivity contribution in [3.05, 3.63) is 46.8 Å². The summed E-state index contributed by atoms with van der Waals surface area (Å²) in [4.78, 5) is 17.4. The minimum atomic E-state index is -0.584. The maximum absolute atomic E-state index is 13.9. The third-order valence-electron chi connectivity index (χ3n) is 6.42. The summed E-state index contributed by atoms with van der Waals surface area (Å²) >= 11 is 0. The van der Waals surface area contributed by atoms with Gasteiger partial charge in [-0.15, -0.1) is 0 Å². The first kappa shape index (κ1) is 16.8. The summed E-state index contributed by atoms with van der Waals surface area (Å²) in [5, 5.41) is 7.49. The van der Waals surface area contributed by atoms with Crippen molar-refractivity contribution in [3.8, 4) is 0 Å². The molecular formula is C19H20F2N4O2. The van der Waals surface area contributed by atoms with Gasteiger partial charge in [-0.05, 0) is 61.6 Å². The van der Waals surface area contributed by atoms with Gasteiger partial charge in [0.15, 0.2) is 5.69 Å². The van der Waals surface area contributed by atoms with Crippen molar-refractivity contribution < 1.29 is 18.2 Å². The molecule has 1 amide bonds. The van der Waals surface area contributed by atoms with E-state index in [2.05, 4.69) is 15.2 Å². The van der Waals surface area contributed by atoms with Crippen LogP contribution in [0.1, 0.15) is 40.5 Å². The first-order valence-electron chi connectivity index (χ1n) is 9.33. The molecule has 0 radical (unpaired) electrons. The quantitative estimate of drug-likeness (QED) is 0.808. The number of piperidine rings is 3. The van der Waals surface area contributed by atoms with Gasteiger partial charge in [-0.25, -0.2) is 13.4 Å². The van der Waals surface area contributed by atoms with Gasteiger partial charge in [-0.3, -0.25) is 9.69 Å². The molecule has 142 valence electrons. The van der Waals surface area contributed by atoms with Crippen LogP contribution < -0.4 is 0 Å². The number of benzene rings is 1. The number of carbonyl (C=O) groups is 1. The highest BCUT2D eigenvalue weighted by atomic mass is 19.1. The number of aryl methyl sites for hydroxylation is 1. The largest absolute Gasteiger partial charge is 0.332 e. The zero-order valence-corrected chi connectivity index (χ0v) is 14.9. The minimum Gasteiger partial charge on any atom is -0.332 e. The Bertz CT molecular complexity index is 873. The van der Waals surface area contributed by atoms with Crippen molar-refractivity contribution in [2.45, 2.75) is 37.8 Å². The molecule has 2 bridgehead atoms.